The summed E-state index contributed by atoms with van der Waals surface area (Å²) in [6.07, 6.45) is 0. The highest BCUT2D eigenvalue weighted by Crippen LogP contribution is 2.25. The molecule has 0 amide bonds. The Hall–Kier alpha value is -1.44. The number of benzene rings is 1. The van der Waals surface area contributed by atoms with Crippen molar-refractivity contribution in [2.45, 2.75) is 11.4 Å². The molecule has 1 heterocycles. The molecule has 7 heteroatoms. The molecular weight excluding hydrogens is 272 g/mol. The van der Waals surface area contributed by atoms with Crippen molar-refractivity contribution < 1.29 is 13.5 Å². The van der Waals surface area contributed by atoms with Crippen molar-refractivity contribution in [2.24, 2.45) is 0 Å². The zero-order valence-corrected chi connectivity index (χ0v) is 11.3. The van der Waals surface area contributed by atoms with Crippen LogP contribution in [0.1, 0.15) is 5.69 Å². The van der Waals surface area contributed by atoms with Crippen molar-refractivity contribution in [1.29, 1.82) is 0 Å². The molecule has 1 aromatic carbocycles. The third-order valence-electron chi connectivity index (χ3n) is 2.42. The first kappa shape index (κ1) is 13.0. The summed E-state index contributed by atoms with van der Waals surface area (Å²) in [5.74, 6) is -0.248. The van der Waals surface area contributed by atoms with Gasteiger partial charge in [0.2, 0.25) is 10.0 Å². The number of hydrogen-bond acceptors (Lipinski definition) is 5. The molecule has 0 unspecified atom stereocenters. The lowest BCUT2D eigenvalue weighted by Crippen LogP contribution is -2.26. The zero-order chi connectivity index (χ0) is 13.2. The van der Waals surface area contributed by atoms with Crippen molar-refractivity contribution in [3.05, 3.63) is 40.8 Å². The molecule has 0 radical (unpaired) electrons. The van der Waals surface area contributed by atoms with Gasteiger partial charge in [0.25, 0.3) is 0 Å². The Labute approximate surface area is 109 Å². The molecule has 1 N–H and O–H groups in total. The third-order valence-corrected chi connectivity index (χ3v) is 4.91. The van der Waals surface area contributed by atoms with Crippen LogP contribution in [0.25, 0.3) is 0 Å². The summed E-state index contributed by atoms with van der Waals surface area (Å²) in [4.78, 5) is 3.94. The number of para-hydroxylation sites is 1. The van der Waals surface area contributed by atoms with E-state index in [9.17, 15) is 13.5 Å². The Balaban J connectivity index is 2.29. The molecule has 2 aromatic rings. The van der Waals surface area contributed by atoms with Gasteiger partial charge in [0.15, 0.2) is 0 Å². The maximum absolute atomic E-state index is 12.2. The molecule has 0 saturated carbocycles. The van der Waals surface area contributed by atoms with Gasteiger partial charge in [0.1, 0.15) is 10.6 Å². The molecule has 0 fully saturated rings. The van der Waals surface area contributed by atoms with Crippen molar-refractivity contribution in [3.63, 3.8) is 0 Å². The van der Waals surface area contributed by atoms with Crippen LogP contribution in [0.5, 0.6) is 5.75 Å². The van der Waals surface area contributed by atoms with Crippen LogP contribution in [-0.4, -0.2) is 29.9 Å². The maximum atomic E-state index is 12.2. The summed E-state index contributed by atoms with van der Waals surface area (Å²) in [5, 5.41) is 11.4. The van der Waals surface area contributed by atoms with Gasteiger partial charge in [-0.05, 0) is 12.1 Å². The minimum Gasteiger partial charge on any atom is -0.507 e. The fourth-order valence-corrected chi connectivity index (χ4v) is 3.24. The van der Waals surface area contributed by atoms with Gasteiger partial charge in [0, 0.05) is 12.4 Å². The van der Waals surface area contributed by atoms with Gasteiger partial charge in [-0.3, -0.25) is 0 Å². The van der Waals surface area contributed by atoms with Crippen LogP contribution in [0.15, 0.2) is 40.1 Å². The van der Waals surface area contributed by atoms with Crippen LogP contribution in [0.4, 0.5) is 0 Å². The standard InChI is InChI=1S/C11H12N2O3S2/c1-13(6-9-7-17-8-12-9)18(15,16)11-5-3-2-4-10(11)14/h2-5,7-8,14H,6H2,1H3. The summed E-state index contributed by atoms with van der Waals surface area (Å²) >= 11 is 1.41. The molecule has 1 aromatic heterocycles. The highest BCUT2D eigenvalue weighted by molar-refractivity contribution is 7.89. The Morgan fingerprint density at radius 1 is 1.39 bits per heavy atom. The van der Waals surface area contributed by atoms with Crippen LogP contribution >= 0.6 is 11.3 Å². The molecule has 18 heavy (non-hydrogen) atoms. The number of aromatic nitrogens is 1. The number of hydrogen-bond donors (Lipinski definition) is 1. The molecule has 96 valence electrons. The van der Waals surface area contributed by atoms with Gasteiger partial charge in [0.05, 0.1) is 17.7 Å². The van der Waals surface area contributed by atoms with E-state index in [1.54, 1.807) is 23.0 Å². The molecule has 0 spiro atoms. The quantitative estimate of drug-likeness (QED) is 0.927. The molecule has 0 saturated heterocycles. The smallest absolute Gasteiger partial charge is 0.246 e. The lowest BCUT2D eigenvalue weighted by molar-refractivity contribution is 0.438. The van der Waals surface area contributed by atoms with Gasteiger partial charge < -0.3 is 5.11 Å². The predicted octanol–water partition coefficient (Wildman–Crippen LogP) is 1.67. The summed E-state index contributed by atoms with van der Waals surface area (Å²) in [5.41, 5.74) is 2.33. The Morgan fingerprint density at radius 3 is 2.72 bits per heavy atom. The van der Waals surface area contributed by atoms with Crippen molar-refractivity contribution in [2.75, 3.05) is 7.05 Å². The monoisotopic (exact) mass is 284 g/mol. The van der Waals surface area contributed by atoms with E-state index in [1.807, 2.05) is 0 Å². The van der Waals surface area contributed by atoms with E-state index >= 15 is 0 Å². The van der Waals surface area contributed by atoms with Gasteiger partial charge in [-0.2, -0.15) is 4.31 Å². The molecular formula is C11H12N2O3S2. The normalized spacial score (nSPS) is 11.9. The van der Waals surface area contributed by atoms with Crippen LogP contribution in [0.3, 0.4) is 0 Å². The summed E-state index contributed by atoms with van der Waals surface area (Å²) in [7, 11) is -2.24. The molecule has 0 aliphatic carbocycles. The van der Waals surface area contributed by atoms with Crippen LogP contribution in [0.2, 0.25) is 0 Å². The lowest BCUT2D eigenvalue weighted by atomic mass is 10.3. The molecule has 0 aliphatic heterocycles. The average molecular weight is 284 g/mol. The molecule has 5 nitrogen and oxygen atoms in total. The van der Waals surface area contributed by atoms with Crippen LogP contribution in [0, 0.1) is 0 Å². The fourth-order valence-electron chi connectivity index (χ4n) is 1.47. The number of phenolic OH excluding ortho intramolecular Hbond substituents is 1. The molecule has 0 bridgehead atoms. The highest BCUT2D eigenvalue weighted by atomic mass is 32.2. The lowest BCUT2D eigenvalue weighted by Gasteiger charge is -2.16. The molecule has 0 atom stereocenters. The first-order chi connectivity index (χ1) is 8.51. The third kappa shape index (κ3) is 2.53. The number of rotatable bonds is 4. The predicted molar refractivity (Wildman–Crippen MR) is 68.9 cm³/mol. The topological polar surface area (TPSA) is 70.5 Å². The summed E-state index contributed by atoms with van der Waals surface area (Å²) in [6, 6.07) is 5.88. The minimum atomic E-state index is -3.70. The first-order valence-electron chi connectivity index (χ1n) is 5.13. The van der Waals surface area contributed by atoms with Crippen molar-refractivity contribution >= 4 is 21.4 Å². The molecule has 2 rings (SSSR count). The highest BCUT2D eigenvalue weighted by Gasteiger charge is 2.24. The SMILES string of the molecule is CN(Cc1cscn1)S(=O)(=O)c1ccccc1O. The maximum Gasteiger partial charge on any atom is 0.246 e. The minimum absolute atomic E-state index is 0.0947. The fraction of sp³-hybridized carbons (Fsp3) is 0.182. The van der Waals surface area contributed by atoms with Crippen molar-refractivity contribution in [1.82, 2.24) is 9.29 Å². The second-order valence-corrected chi connectivity index (χ2v) is 6.44. The van der Waals surface area contributed by atoms with Gasteiger partial charge in [-0.25, -0.2) is 13.4 Å². The Morgan fingerprint density at radius 2 is 2.11 bits per heavy atom. The van der Waals surface area contributed by atoms with Gasteiger partial charge >= 0.3 is 0 Å². The number of nitrogens with zero attached hydrogens (tertiary/aromatic N) is 2. The second-order valence-electron chi connectivity index (χ2n) is 3.71. The van der Waals surface area contributed by atoms with Gasteiger partial charge in [-0.15, -0.1) is 11.3 Å². The summed E-state index contributed by atoms with van der Waals surface area (Å²) in [6.45, 7) is 0.181. The van der Waals surface area contributed by atoms with E-state index in [1.165, 1.54) is 30.5 Å². The van der Waals surface area contributed by atoms with E-state index in [-0.39, 0.29) is 17.2 Å². The molecule has 0 aliphatic rings. The van der Waals surface area contributed by atoms with Crippen LogP contribution < -0.4 is 0 Å². The zero-order valence-electron chi connectivity index (χ0n) is 9.65. The first-order valence-corrected chi connectivity index (χ1v) is 7.51. The summed E-state index contributed by atoms with van der Waals surface area (Å²) < 4.78 is 25.6. The van der Waals surface area contributed by atoms with E-state index in [2.05, 4.69) is 4.98 Å². The van der Waals surface area contributed by atoms with E-state index in [0.29, 0.717) is 5.69 Å². The number of phenols is 1. The average Bonchev–Trinajstić information content (AvgIpc) is 2.82. The van der Waals surface area contributed by atoms with Gasteiger partial charge in [-0.1, -0.05) is 12.1 Å². The second kappa shape index (κ2) is 5.05. The number of thiazole rings is 1. The van der Waals surface area contributed by atoms with E-state index < -0.39 is 10.0 Å². The number of aromatic hydroxyl groups is 1. The van der Waals surface area contributed by atoms with Crippen LogP contribution in [-0.2, 0) is 16.6 Å². The largest absolute Gasteiger partial charge is 0.507 e. The number of sulfonamides is 1. The van der Waals surface area contributed by atoms with E-state index in [4.69, 9.17) is 0 Å². The van der Waals surface area contributed by atoms with Crippen molar-refractivity contribution in [3.8, 4) is 5.75 Å². The van der Waals surface area contributed by atoms with E-state index in [0.717, 1.165) is 4.31 Å². The Bertz CT molecular complexity index is 623. The Kier molecular flexibility index (Phi) is 3.65.